The average Bonchev–Trinajstić information content (AvgIpc) is 2.67. The van der Waals surface area contributed by atoms with E-state index in [-0.39, 0.29) is 12.3 Å². The predicted molar refractivity (Wildman–Crippen MR) is 101 cm³/mol. The Hall–Kier alpha value is -2.95. The van der Waals surface area contributed by atoms with Crippen LogP contribution in [0.4, 0.5) is 5.69 Å². The van der Waals surface area contributed by atoms with Crippen LogP contribution in [0.1, 0.15) is 0 Å². The van der Waals surface area contributed by atoms with E-state index < -0.39 is 11.4 Å². The summed E-state index contributed by atoms with van der Waals surface area (Å²) in [4.78, 5) is 19.8. The van der Waals surface area contributed by atoms with E-state index in [0.29, 0.717) is 39.5 Å². The standard InChI is InChI=1S/C17H17N3O6S/c1-24-12-7-13-15(14(8-12)25-2)17(21)20-16(19-13)10-3-5-11(6-4-10)18-9-26-27(22)23/h3-8,18H,9H2,1-2H3,(H,22,23)(H,19,20,21). The summed E-state index contributed by atoms with van der Waals surface area (Å²) in [5, 5.41) is 3.17. The molecule has 0 aliphatic carbocycles. The topological polar surface area (TPSA) is 123 Å². The van der Waals surface area contributed by atoms with Crippen LogP contribution in [0.2, 0.25) is 0 Å². The van der Waals surface area contributed by atoms with Gasteiger partial charge in [-0.25, -0.2) is 9.17 Å². The lowest BCUT2D eigenvalue weighted by molar-refractivity contribution is 0.330. The van der Waals surface area contributed by atoms with Gasteiger partial charge in [-0.2, -0.15) is 4.21 Å². The number of ether oxygens (including phenoxy) is 2. The van der Waals surface area contributed by atoms with Gasteiger partial charge in [0.05, 0.1) is 19.7 Å². The average molecular weight is 391 g/mol. The van der Waals surface area contributed by atoms with Crippen LogP contribution in [0.5, 0.6) is 11.5 Å². The summed E-state index contributed by atoms with van der Waals surface area (Å²) in [5.74, 6) is 1.30. The van der Waals surface area contributed by atoms with Gasteiger partial charge >= 0.3 is 11.4 Å². The van der Waals surface area contributed by atoms with Crippen molar-refractivity contribution in [1.29, 1.82) is 0 Å². The van der Waals surface area contributed by atoms with E-state index in [1.165, 1.54) is 14.2 Å². The fourth-order valence-corrected chi connectivity index (χ4v) is 2.70. The molecule has 3 rings (SSSR count). The van der Waals surface area contributed by atoms with Gasteiger partial charge < -0.3 is 19.8 Å². The van der Waals surface area contributed by atoms with Gasteiger partial charge in [0.15, 0.2) is 0 Å². The van der Waals surface area contributed by atoms with Gasteiger partial charge in [0.25, 0.3) is 5.56 Å². The lowest BCUT2D eigenvalue weighted by Gasteiger charge is -2.10. The zero-order chi connectivity index (χ0) is 19.4. The van der Waals surface area contributed by atoms with Crippen molar-refractivity contribution in [3.8, 4) is 22.9 Å². The Balaban J connectivity index is 1.95. The number of anilines is 1. The number of aromatic nitrogens is 2. The van der Waals surface area contributed by atoms with Crippen LogP contribution in [0.3, 0.4) is 0 Å². The van der Waals surface area contributed by atoms with Crippen molar-refractivity contribution in [3.05, 3.63) is 46.8 Å². The zero-order valence-corrected chi connectivity index (χ0v) is 15.3. The maximum Gasteiger partial charge on any atom is 0.303 e. The van der Waals surface area contributed by atoms with Crippen LogP contribution >= 0.6 is 0 Å². The van der Waals surface area contributed by atoms with Crippen molar-refractivity contribution in [1.82, 2.24) is 9.97 Å². The molecule has 0 spiro atoms. The summed E-state index contributed by atoms with van der Waals surface area (Å²) in [6, 6.07) is 10.3. The van der Waals surface area contributed by atoms with E-state index >= 15 is 0 Å². The minimum Gasteiger partial charge on any atom is -0.497 e. The third kappa shape index (κ3) is 4.25. The van der Waals surface area contributed by atoms with Crippen LogP contribution in [0.25, 0.3) is 22.3 Å². The molecule has 1 heterocycles. The summed E-state index contributed by atoms with van der Waals surface area (Å²) in [5.41, 5.74) is 1.49. The van der Waals surface area contributed by atoms with Crippen molar-refractivity contribution in [2.24, 2.45) is 0 Å². The van der Waals surface area contributed by atoms with Crippen molar-refractivity contribution < 1.29 is 22.4 Å². The first-order valence-corrected chi connectivity index (χ1v) is 8.79. The second kappa shape index (κ2) is 8.16. The molecule has 2 aromatic carbocycles. The maximum atomic E-state index is 12.5. The normalized spacial score (nSPS) is 12.0. The van der Waals surface area contributed by atoms with E-state index in [2.05, 4.69) is 19.5 Å². The molecule has 3 aromatic rings. The Kier molecular flexibility index (Phi) is 5.69. The summed E-state index contributed by atoms with van der Waals surface area (Å²) < 4.78 is 34.0. The van der Waals surface area contributed by atoms with Crippen LogP contribution in [-0.2, 0) is 15.5 Å². The summed E-state index contributed by atoms with van der Waals surface area (Å²) in [6.45, 7) is -0.118. The van der Waals surface area contributed by atoms with Gasteiger partial charge in [-0.15, -0.1) is 0 Å². The Morgan fingerprint density at radius 3 is 2.56 bits per heavy atom. The predicted octanol–water partition coefficient (Wildman–Crippen LogP) is 2.13. The van der Waals surface area contributed by atoms with Gasteiger partial charge in [-0.05, 0) is 24.3 Å². The maximum absolute atomic E-state index is 12.5. The molecule has 10 heteroatoms. The first kappa shape index (κ1) is 18.8. The SMILES string of the molecule is COc1cc(OC)c2c(=O)[nH]c(-c3ccc(NCOS(=O)O)cc3)nc2c1. The van der Waals surface area contributed by atoms with Crippen molar-refractivity contribution in [2.45, 2.75) is 0 Å². The van der Waals surface area contributed by atoms with Gasteiger partial charge in [-0.1, -0.05) is 0 Å². The van der Waals surface area contributed by atoms with Crippen LogP contribution < -0.4 is 20.3 Å². The Morgan fingerprint density at radius 1 is 1.19 bits per heavy atom. The third-order valence-corrected chi connectivity index (χ3v) is 4.12. The molecule has 27 heavy (non-hydrogen) atoms. The fourth-order valence-electron chi connectivity index (χ4n) is 2.54. The summed E-state index contributed by atoms with van der Waals surface area (Å²) in [7, 11) is 3.00. The van der Waals surface area contributed by atoms with Gasteiger partial charge in [0, 0.05) is 23.4 Å². The molecule has 0 saturated heterocycles. The number of aromatic amines is 1. The van der Waals surface area contributed by atoms with Crippen LogP contribution in [0, 0.1) is 0 Å². The third-order valence-electron chi connectivity index (χ3n) is 3.80. The molecule has 9 nitrogen and oxygen atoms in total. The molecule has 0 aliphatic heterocycles. The smallest absolute Gasteiger partial charge is 0.303 e. The van der Waals surface area contributed by atoms with E-state index in [1.807, 2.05) is 0 Å². The van der Waals surface area contributed by atoms with Crippen LogP contribution in [-0.4, -0.2) is 39.7 Å². The Labute approximate surface area is 156 Å². The Morgan fingerprint density at radius 2 is 1.93 bits per heavy atom. The quantitative estimate of drug-likeness (QED) is 0.413. The van der Waals surface area contributed by atoms with E-state index in [1.54, 1.807) is 36.4 Å². The molecule has 0 saturated carbocycles. The van der Waals surface area contributed by atoms with Gasteiger partial charge in [-0.3, -0.25) is 9.35 Å². The molecule has 0 amide bonds. The van der Waals surface area contributed by atoms with Crippen molar-refractivity contribution in [2.75, 3.05) is 26.3 Å². The number of nitrogens with zero attached hydrogens (tertiary/aromatic N) is 1. The molecule has 0 aliphatic rings. The first-order valence-electron chi connectivity index (χ1n) is 7.76. The molecule has 0 radical (unpaired) electrons. The number of rotatable bonds is 7. The van der Waals surface area contributed by atoms with Crippen molar-refractivity contribution >= 4 is 28.0 Å². The van der Waals surface area contributed by atoms with Crippen LogP contribution in [0.15, 0.2) is 41.2 Å². The Bertz CT molecular complexity index is 1040. The minimum atomic E-state index is -2.33. The second-order valence-corrected chi connectivity index (χ2v) is 6.04. The molecular weight excluding hydrogens is 374 g/mol. The lowest BCUT2D eigenvalue weighted by atomic mass is 10.1. The van der Waals surface area contributed by atoms with Gasteiger partial charge in [0.1, 0.15) is 29.4 Å². The molecule has 142 valence electrons. The molecule has 1 atom stereocenters. The number of hydrogen-bond donors (Lipinski definition) is 3. The molecule has 3 N–H and O–H groups in total. The van der Waals surface area contributed by atoms with E-state index in [9.17, 15) is 9.00 Å². The lowest BCUT2D eigenvalue weighted by Crippen LogP contribution is -2.11. The van der Waals surface area contributed by atoms with Crippen molar-refractivity contribution in [3.63, 3.8) is 0 Å². The number of fused-ring (bicyclic) bond motifs is 1. The second-order valence-electron chi connectivity index (χ2n) is 5.37. The number of benzene rings is 2. The molecular formula is C17H17N3O6S. The van der Waals surface area contributed by atoms with E-state index in [0.717, 1.165) is 0 Å². The number of H-pyrrole nitrogens is 1. The minimum absolute atomic E-state index is 0.118. The number of nitrogens with one attached hydrogen (secondary N) is 2. The summed E-state index contributed by atoms with van der Waals surface area (Å²) >= 11 is -2.33. The van der Waals surface area contributed by atoms with E-state index in [4.69, 9.17) is 14.0 Å². The highest BCUT2D eigenvalue weighted by Gasteiger charge is 2.13. The molecule has 1 aromatic heterocycles. The molecule has 0 fully saturated rings. The highest BCUT2D eigenvalue weighted by molar-refractivity contribution is 7.74. The molecule has 0 bridgehead atoms. The number of hydrogen-bond acceptors (Lipinski definition) is 7. The number of methoxy groups -OCH3 is 2. The molecule has 1 unspecified atom stereocenters. The van der Waals surface area contributed by atoms with Gasteiger partial charge in [0.2, 0.25) is 0 Å². The zero-order valence-electron chi connectivity index (χ0n) is 14.5. The summed E-state index contributed by atoms with van der Waals surface area (Å²) in [6.07, 6.45) is 0. The fraction of sp³-hybridized carbons (Fsp3) is 0.176. The largest absolute Gasteiger partial charge is 0.497 e. The highest BCUT2D eigenvalue weighted by atomic mass is 32.2. The monoisotopic (exact) mass is 391 g/mol. The highest BCUT2D eigenvalue weighted by Crippen LogP contribution is 2.28. The first-order chi connectivity index (χ1) is 13.0.